The van der Waals surface area contributed by atoms with Gasteiger partial charge in [-0.1, -0.05) is 30.3 Å². The highest BCUT2D eigenvalue weighted by Gasteiger charge is 2.45. The molecule has 2 fully saturated rings. The van der Waals surface area contributed by atoms with Crippen molar-refractivity contribution < 1.29 is 39.7 Å². The van der Waals surface area contributed by atoms with Crippen LogP contribution in [0.2, 0.25) is 0 Å². The zero-order valence-electron chi connectivity index (χ0n) is 14.7. The highest BCUT2D eigenvalue weighted by atomic mass is 32.2. The van der Waals surface area contributed by atoms with Crippen molar-refractivity contribution in [2.75, 3.05) is 13.2 Å². The second kappa shape index (κ2) is 9.64. The van der Waals surface area contributed by atoms with E-state index in [4.69, 9.17) is 14.2 Å². The summed E-state index contributed by atoms with van der Waals surface area (Å²) in [6.07, 6.45) is -6.27. The largest absolute Gasteiger partial charge is 0.394 e. The maximum absolute atomic E-state index is 10.3. The van der Waals surface area contributed by atoms with Crippen molar-refractivity contribution in [2.45, 2.75) is 60.5 Å². The number of thioether (sulfide) groups is 1. The first-order valence-corrected chi connectivity index (χ1v) is 9.85. The molecule has 8 atom stereocenters. The van der Waals surface area contributed by atoms with E-state index in [-0.39, 0.29) is 11.9 Å². The molecule has 1 aromatic rings. The van der Waals surface area contributed by atoms with Gasteiger partial charge in [0.15, 0.2) is 6.29 Å². The monoisotopic (exact) mass is 402 g/mol. The van der Waals surface area contributed by atoms with E-state index >= 15 is 0 Å². The van der Waals surface area contributed by atoms with Gasteiger partial charge in [-0.25, -0.2) is 0 Å². The molecule has 2 saturated heterocycles. The predicted octanol–water partition coefficient (Wildman–Crippen LogP) is -0.788. The number of rotatable bonds is 6. The minimum absolute atomic E-state index is 0.196. The highest BCUT2D eigenvalue weighted by molar-refractivity contribution is 8.00. The van der Waals surface area contributed by atoms with Crippen LogP contribution in [0, 0.1) is 0 Å². The normalized spacial score (nSPS) is 40.0. The topological polar surface area (TPSA) is 129 Å². The minimum Gasteiger partial charge on any atom is -0.394 e. The third-order valence-electron chi connectivity index (χ3n) is 4.70. The van der Waals surface area contributed by atoms with Gasteiger partial charge in [-0.15, -0.1) is 11.8 Å². The minimum atomic E-state index is -1.41. The van der Waals surface area contributed by atoms with E-state index in [1.165, 1.54) is 11.8 Å². The molecule has 0 spiro atoms. The van der Waals surface area contributed by atoms with E-state index < -0.39 is 48.9 Å². The van der Waals surface area contributed by atoms with Gasteiger partial charge in [0.25, 0.3) is 0 Å². The number of hydrogen-bond acceptors (Lipinski definition) is 9. The molecule has 1 aromatic carbocycles. The summed E-state index contributed by atoms with van der Waals surface area (Å²) in [4.78, 5) is 0. The molecule has 0 radical (unpaired) electrons. The van der Waals surface area contributed by atoms with E-state index in [1.807, 2.05) is 30.3 Å². The van der Waals surface area contributed by atoms with Crippen LogP contribution in [0.3, 0.4) is 0 Å². The molecule has 8 nitrogen and oxygen atoms in total. The first kappa shape index (κ1) is 21.0. The molecule has 2 aliphatic heterocycles. The van der Waals surface area contributed by atoms with Gasteiger partial charge in [0, 0.05) is 5.25 Å². The lowest BCUT2D eigenvalue weighted by Gasteiger charge is -2.42. The van der Waals surface area contributed by atoms with Crippen molar-refractivity contribution in [3.8, 4) is 0 Å². The quantitative estimate of drug-likeness (QED) is 0.416. The highest BCUT2D eigenvalue weighted by Crippen LogP contribution is 2.35. The van der Waals surface area contributed by atoms with E-state index in [9.17, 15) is 25.5 Å². The number of hydrogen-bond donors (Lipinski definition) is 5. The third-order valence-corrected chi connectivity index (χ3v) is 6.07. The Balaban J connectivity index is 1.49. The van der Waals surface area contributed by atoms with E-state index in [0.717, 1.165) is 5.56 Å². The van der Waals surface area contributed by atoms with Crippen molar-refractivity contribution in [1.29, 1.82) is 0 Å². The van der Waals surface area contributed by atoms with Crippen LogP contribution in [0.25, 0.3) is 0 Å². The van der Waals surface area contributed by atoms with Gasteiger partial charge in [0.1, 0.15) is 36.0 Å². The Bertz CT molecular complexity index is 574. The molecule has 0 aliphatic carbocycles. The zero-order valence-corrected chi connectivity index (χ0v) is 15.5. The summed E-state index contributed by atoms with van der Waals surface area (Å²) >= 11 is 1.20. The van der Waals surface area contributed by atoms with Crippen LogP contribution in [0.5, 0.6) is 0 Å². The molecule has 0 bridgehead atoms. The fraction of sp³-hybridized carbons (Fsp3) is 0.667. The summed E-state index contributed by atoms with van der Waals surface area (Å²) in [5.74, 6) is 0. The number of aliphatic hydroxyl groups is 5. The van der Waals surface area contributed by atoms with Crippen molar-refractivity contribution in [1.82, 2.24) is 0 Å². The standard InChI is InChI=1S/C18H26O8S/c19-7-13-14(21)15(22)16(23)18(26-13)27-11-6-12(20)17(25-9-11)24-8-10-4-2-1-3-5-10/h1-5,11-23H,6-9H2/t11-,12+,13+,14-,15-,16+,17+,18-/m0/s1. The van der Waals surface area contributed by atoms with Crippen LogP contribution in [0.1, 0.15) is 12.0 Å². The fourth-order valence-corrected chi connectivity index (χ4v) is 4.51. The first-order valence-electron chi connectivity index (χ1n) is 8.90. The van der Waals surface area contributed by atoms with Crippen LogP contribution in [0.4, 0.5) is 0 Å². The van der Waals surface area contributed by atoms with Crippen LogP contribution < -0.4 is 0 Å². The fourth-order valence-electron chi connectivity index (χ4n) is 3.14. The van der Waals surface area contributed by atoms with Crippen molar-refractivity contribution in [3.63, 3.8) is 0 Å². The Hall–Kier alpha value is -0.750. The molecule has 2 heterocycles. The Labute approximate surface area is 161 Å². The molecule has 27 heavy (non-hydrogen) atoms. The molecule has 9 heteroatoms. The lowest BCUT2D eigenvalue weighted by atomic mass is 10.0. The number of ether oxygens (including phenoxy) is 3. The first-order chi connectivity index (χ1) is 13.0. The molecule has 152 valence electrons. The average Bonchev–Trinajstić information content (AvgIpc) is 2.68. The Kier molecular flexibility index (Phi) is 7.49. The van der Waals surface area contributed by atoms with Gasteiger partial charge in [-0.3, -0.25) is 0 Å². The summed E-state index contributed by atoms with van der Waals surface area (Å²) in [6, 6.07) is 9.57. The number of aliphatic hydroxyl groups excluding tert-OH is 5. The van der Waals surface area contributed by atoms with Crippen molar-refractivity contribution in [3.05, 3.63) is 35.9 Å². The molecule has 0 amide bonds. The van der Waals surface area contributed by atoms with Gasteiger partial charge in [-0.05, 0) is 12.0 Å². The van der Waals surface area contributed by atoms with Crippen molar-refractivity contribution >= 4 is 11.8 Å². The third kappa shape index (κ3) is 5.20. The van der Waals surface area contributed by atoms with E-state index in [1.54, 1.807) is 0 Å². The van der Waals surface area contributed by atoms with E-state index in [2.05, 4.69) is 0 Å². The lowest BCUT2D eigenvalue weighted by Crippen LogP contribution is -2.58. The van der Waals surface area contributed by atoms with Crippen LogP contribution >= 0.6 is 11.8 Å². The van der Waals surface area contributed by atoms with Crippen LogP contribution in [0.15, 0.2) is 30.3 Å². The molecule has 0 unspecified atom stereocenters. The summed E-state index contributed by atoms with van der Waals surface area (Å²) in [7, 11) is 0. The van der Waals surface area contributed by atoms with Gasteiger partial charge >= 0.3 is 0 Å². The Morgan fingerprint density at radius 3 is 2.44 bits per heavy atom. The smallest absolute Gasteiger partial charge is 0.183 e. The molecular formula is C18H26O8S. The van der Waals surface area contributed by atoms with Crippen LogP contribution in [-0.4, -0.2) is 86.2 Å². The van der Waals surface area contributed by atoms with Gasteiger partial charge in [0.05, 0.1) is 19.8 Å². The molecule has 3 rings (SSSR count). The molecule has 2 aliphatic rings. The van der Waals surface area contributed by atoms with Crippen LogP contribution in [-0.2, 0) is 20.8 Å². The second-order valence-electron chi connectivity index (χ2n) is 6.76. The predicted molar refractivity (Wildman–Crippen MR) is 96.7 cm³/mol. The molecule has 0 saturated carbocycles. The Morgan fingerprint density at radius 1 is 1.04 bits per heavy atom. The molecule has 5 N–H and O–H groups in total. The average molecular weight is 402 g/mol. The van der Waals surface area contributed by atoms with Gasteiger partial charge < -0.3 is 39.7 Å². The van der Waals surface area contributed by atoms with Crippen molar-refractivity contribution in [2.24, 2.45) is 0 Å². The van der Waals surface area contributed by atoms with Gasteiger partial charge in [0.2, 0.25) is 0 Å². The SMILES string of the molecule is OC[C@H]1O[C@@H](S[C@@H]2CO[C@@H](OCc3ccccc3)[C@H](O)C2)[C@H](O)[C@@H](O)[C@H]1O. The Morgan fingerprint density at radius 2 is 1.78 bits per heavy atom. The summed E-state index contributed by atoms with van der Waals surface area (Å²) in [5, 5.41) is 49.2. The second-order valence-corrected chi connectivity index (χ2v) is 8.16. The summed E-state index contributed by atoms with van der Waals surface area (Å²) in [6.45, 7) is 0.129. The maximum atomic E-state index is 10.3. The van der Waals surface area contributed by atoms with E-state index in [0.29, 0.717) is 13.0 Å². The molecule has 0 aromatic heterocycles. The summed E-state index contributed by atoms with van der Waals surface area (Å²) < 4.78 is 16.7. The number of benzene rings is 1. The molecular weight excluding hydrogens is 376 g/mol. The zero-order chi connectivity index (χ0) is 19.4. The lowest BCUT2D eigenvalue weighted by molar-refractivity contribution is -0.219. The van der Waals surface area contributed by atoms with Gasteiger partial charge in [-0.2, -0.15) is 0 Å². The summed E-state index contributed by atoms with van der Waals surface area (Å²) in [5.41, 5.74) is 0.134. The maximum Gasteiger partial charge on any atom is 0.183 e.